The lowest BCUT2D eigenvalue weighted by atomic mass is 10.0. The van der Waals surface area contributed by atoms with Crippen LogP contribution in [0.25, 0.3) is 47.8 Å². The van der Waals surface area contributed by atoms with E-state index in [1.54, 1.807) is 29.3 Å². The number of para-hydroxylation sites is 1. The van der Waals surface area contributed by atoms with Crippen molar-refractivity contribution in [3.05, 3.63) is 94.9 Å². The van der Waals surface area contributed by atoms with Crippen molar-refractivity contribution in [3.63, 3.8) is 0 Å². The first-order chi connectivity index (χ1) is 16.2. The second-order valence-corrected chi connectivity index (χ2v) is 9.42. The summed E-state index contributed by atoms with van der Waals surface area (Å²) in [6.45, 7) is 0. The molecule has 0 spiro atoms. The maximum Gasteiger partial charge on any atom is 0.275 e. The summed E-state index contributed by atoms with van der Waals surface area (Å²) >= 11 is 3.04. The van der Waals surface area contributed by atoms with Crippen molar-refractivity contribution in [3.8, 4) is 33.1 Å². The number of hydrogen-bond acceptors (Lipinski definition) is 6. The molecule has 0 unspecified atom stereocenters. The van der Waals surface area contributed by atoms with Crippen LogP contribution in [0.15, 0.2) is 89.3 Å². The van der Waals surface area contributed by atoms with Gasteiger partial charge in [-0.1, -0.05) is 36.4 Å². The van der Waals surface area contributed by atoms with Crippen molar-refractivity contribution in [1.29, 1.82) is 0 Å². The van der Waals surface area contributed by atoms with Gasteiger partial charge in [-0.05, 0) is 52.9 Å². The van der Waals surface area contributed by atoms with Gasteiger partial charge in [-0.3, -0.25) is 9.36 Å². The fourth-order valence-corrected chi connectivity index (χ4v) is 5.72. The van der Waals surface area contributed by atoms with Crippen molar-refractivity contribution in [1.82, 2.24) is 14.5 Å². The molecule has 6 aromatic rings. The average molecular weight is 468 g/mol. The Morgan fingerprint density at radius 2 is 1.79 bits per heavy atom. The fourth-order valence-electron chi connectivity index (χ4n) is 3.95. The van der Waals surface area contributed by atoms with Crippen LogP contribution in [0.4, 0.5) is 0 Å². The Kier molecular flexibility index (Phi) is 4.78. The number of hydrogen-bond donors (Lipinski definition) is 0. The third-order valence-corrected chi connectivity index (χ3v) is 7.51. The SMILES string of the molecule is COc1ccc(-c2cc(-c3cccs3)nc3sc4c(=O)n(-c5ccccc5)cnc4c23)cc1. The summed E-state index contributed by atoms with van der Waals surface area (Å²) in [5.74, 6) is 0.793. The Bertz CT molecular complexity index is 1650. The first kappa shape index (κ1) is 19.8. The van der Waals surface area contributed by atoms with E-state index in [1.165, 1.54) is 11.3 Å². The summed E-state index contributed by atoms with van der Waals surface area (Å²) in [4.78, 5) is 25.0. The highest BCUT2D eigenvalue weighted by atomic mass is 32.1. The predicted molar refractivity (Wildman–Crippen MR) is 136 cm³/mol. The molecule has 0 bridgehead atoms. The zero-order valence-electron chi connectivity index (χ0n) is 17.6. The van der Waals surface area contributed by atoms with Gasteiger partial charge >= 0.3 is 0 Å². The highest BCUT2D eigenvalue weighted by Gasteiger charge is 2.19. The Balaban J connectivity index is 1.66. The zero-order valence-corrected chi connectivity index (χ0v) is 19.2. The number of pyridine rings is 1. The molecule has 160 valence electrons. The van der Waals surface area contributed by atoms with Gasteiger partial charge in [0, 0.05) is 5.39 Å². The van der Waals surface area contributed by atoms with Crippen LogP contribution < -0.4 is 10.3 Å². The van der Waals surface area contributed by atoms with E-state index >= 15 is 0 Å². The Hall–Kier alpha value is -3.81. The van der Waals surface area contributed by atoms with E-state index in [0.717, 1.165) is 43.4 Å². The number of ether oxygens (including phenoxy) is 1. The topological polar surface area (TPSA) is 57.0 Å². The Morgan fingerprint density at radius 1 is 0.970 bits per heavy atom. The van der Waals surface area contributed by atoms with Gasteiger partial charge in [-0.15, -0.1) is 22.7 Å². The Labute approximate surface area is 197 Å². The molecule has 0 N–H and O–H groups in total. The molecule has 2 aromatic carbocycles. The van der Waals surface area contributed by atoms with Crippen LogP contribution in [0.5, 0.6) is 5.75 Å². The lowest BCUT2D eigenvalue weighted by Gasteiger charge is -2.08. The van der Waals surface area contributed by atoms with Crippen molar-refractivity contribution in [2.24, 2.45) is 0 Å². The summed E-state index contributed by atoms with van der Waals surface area (Å²) in [5, 5.41) is 2.94. The summed E-state index contributed by atoms with van der Waals surface area (Å²) in [6, 6.07) is 23.7. The summed E-state index contributed by atoms with van der Waals surface area (Å²) in [6.07, 6.45) is 1.61. The molecule has 0 radical (unpaired) electrons. The molecule has 0 atom stereocenters. The minimum absolute atomic E-state index is 0.0902. The molecule has 5 nitrogen and oxygen atoms in total. The van der Waals surface area contributed by atoms with Crippen LogP contribution in [0.2, 0.25) is 0 Å². The van der Waals surface area contributed by atoms with Crippen molar-refractivity contribution in [2.45, 2.75) is 0 Å². The van der Waals surface area contributed by atoms with Gasteiger partial charge in [0.2, 0.25) is 0 Å². The molecule has 0 saturated carbocycles. The number of aromatic nitrogens is 3. The molecule has 4 aromatic heterocycles. The molecule has 0 fully saturated rings. The van der Waals surface area contributed by atoms with Crippen LogP contribution in [-0.2, 0) is 0 Å². The number of nitrogens with zero attached hydrogens (tertiary/aromatic N) is 3. The Morgan fingerprint density at radius 3 is 2.52 bits per heavy atom. The lowest BCUT2D eigenvalue weighted by molar-refractivity contribution is 0.415. The maximum absolute atomic E-state index is 13.4. The zero-order chi connectivity index (χ0) is 22.4. The van der Waals surface area contributed by atoms with E-state index in [-0.39, 0.29) is 5.56 Å². The third-order valence-electron chi connectivity index (χ3n) is 5.56. The number of methoxy groups -OCH3 is 1. The summed E-state index contributed by atoms with van der Waals surface area (Å²) in [5.41, 5.74) is 4.29. The monoisotopic (exact) mass is 467 g/mol. The van der Waals surface area contributed by atoms with Crippen LogP contribution in [-0.4, -0.2) is 21.6 Å². The molecule has 33 heavy (non-hydrogen) atoms. The van der Waals surface area contributed by atoms with Crippen LogP contribution in [0.1, 0.15) is 0 Å². The van der Waals surface area contributed by atoms with Gasteiger partial charge in [0.1, 0.15) is 21.6 Å². The normalized spacial score (nSPS) is 11.3. The highest BCUT2D eigenvalue weighted by molar-refractivity contribution is 7.25. The molecule has 7 heteroatoms. The quantitative estimate of drug-likeness (QED) is 0.301. The molecule has 0 aliphatic heterocycles. The number of fused-ring (bicyclic) bond motifs is 3. The molecule has 4 heterocycles. The molecule has 0 aliphatic carbocycles. The smallest absolute Gasteiger partial charge is 0.275 e. The average Bonchev–Trinajstić information content (AvgIpc) is 3.53. The van der Waals surface area contributed by atoms with E-state index in [9.17, 15) is 4.79 Å². The van der Waals surface area contributed by atoms with E-state index in [0.29, 0.717) is 10.2 Å². The van der Waals surface area contributed by atoms with Gasteiger partial charge in [0.05, 0.1) is 28.9 Å². The van der Waals surface area contributed by atoms with Crippen molar-refractivity contribution in [2.75, 3.05) is 7.11 Å². The van der Waals surface area contributed by atoms with Crippen molar-refractivity contribution < 1.29 is 4.74 Å². The summed E-state index contributed by atoms with van der Waals surface area (Å²) in [7, 11) is 1.66. The number of thiophene rings is 2. The van der Waals surface area contributed by atoms with E-state index in [4.69, 9.17) is 14.7 Å². The summed E-state index contributed by atoms with van der Waals surface area (Å²) < 4.78 is 7.52. The van der Waals surface area contributed by atoms with Crippen LogP contribution >= 0.6 is 22.7 Å². The highest BCUT2D eigenvalue weighted by Crippen LogP contribution is 2.40. The predicted octanol–water partition coefficient (Wildman–Crippen LogP) is 6.40. The number of rotatable bonds is 4. The van der Waals surface area contributed by atoms with Gasteiger partial charge in [0.15, 0.2) is 0 Å². The van der Waals surface area contributed by atoms with Gasteiger partial charge in [-0.25, -0.2) is 9.97 Å². The first-order valence-electron chi connectivity index (χ1n) is 10.3. The third kappa shape index (κ3) is 3.33. The molecular weight excluding hydrogens is 450 g/mol. The molecule has 0 saturated heterocycles. The lowest BCUT2D eigenvalue weighted by Crippen LogP contribution is -2.17. The van der Waals surface area contributed by atoms with E-state index in [2.05, 4.69) is 12.1 Å². The van der Waals surface area contributed by atoms with Crippen LogP contribution in [0, 0.1) is 0 Å². The molecule has 0 aliphatic rings. The molecule has 6 rings (SSSR count). The minimum atomic E-state index is -0.0902. The standard InChI is InChI=1S/C26H17N3O2S2/c1-31-18-11-9-16(10-12-18)19-14-20(21-8-5-13-32-21)28-25-22(19)23-24(33-25)26(30)29(15-27-23)17-6-3-2-4-7-17/h2-15H,1H3. The van der Waals surface area contributed by atoms with E-state index < -0.39 is 0 Å². The van der Waals surface area contributed by atoms with E-state index in [1.807, 2.05) is 66.0 Å². The van der Waals surface area contributed by atoms with Gasteiger partial charge in [-0.2, -0.15) is 0 Å². The van der Waals surface area contributed by atoms with Gasteiger partial charge in [0.25, 0.3) is 5.56 Å². The number of benzene rings is 2. The van der Waals surface area contributed by atoms with Gasteiger partial charge < -0.3 is 4.74 Å². The maximum atomic E-state index is 13.4. The molecule has 0 amide bonds. The second-order valence-electron chi connectivity index (χ2n) is 7.48. The molecular formula is C26H17N3O2S2. The fraction of sp³-hybridized carbons (Fsp3) is 0.0385. The second kappa shape index (κ2) is 7.95. The van der Waals surface area contributed by atoms with Crippen LogP contribution in [0.3, 0.4) is 0 Å². The first-order valence-corrected chi connectivity index (χ1v) is 12.0. The largest absolute Gasteiger partial charge is 0.497 e. The minimum Gasteiger partial charge on any atom is -0.497 e. The van der Waals surface area contributed by atoms with Crippen molar-refractivity contribution >= 4 is 43.1 Å².